The maximum atomic E-state index is 12.7. The van der Waals surface area contributed by atoms with E-state index in [0.29, 0.717) is 11.1 Å². The molecule has 4 aromatic heterocycles. The number of aliphatic hydroxyl groups is 2. The minimum Gasteiger partial charge on any atom is -0.394 e. The average Bonchev–Trinajstić information content (AvgIpc) is 3.51. The van der Waals surface area contributed by atoms with Gasteiger partial charge in [-0.2, -0.15) is 10.2 Å². The largest absolute Gasteiger partial charge is 0.394 e. The molecule has 0 aliphatic heterocycles. The predicted molar refractivity (Wildman–Crippen MR) is 118 cm³/mol. The summed E-state index contributed by atoms with van der Waals surface area (Å²) in [6.07, 6.45) is 6.26. The molecule has 3 N–H and O–H groups in total. The van der Waals surface area contributed by atoms with Gasteiger partial charge in [-0.25, -0.2) is 14.2 Å². The van der Waals surface area contributed by atoms with Crippen LogP contribution >= 0.6 is 0 Å². The highest BCUT2D eigenvalue weighted by atomic mass is 16.3. The van der Waals surface area contributed by atoms with Gasteiger partial charge >= 0.3 is 0 Å². The van der Waals surface area contributed by atoms with Crippen molar-refractivity contribution < 1.29 is 15.0 Å². The van der Waals surface area contributed by atoms with Crippen LogP contribution in [0.25, 0.3) is 22.6 Å². The van der Waals surface area contributed by atoms with Gasteiger partial charge in [0.2, 0.25) is 0 Å². The van der Waals surface area contributed by atoms with Gasteiger partial charge in [0, 0.05) is 23.0 Å². The van der Waals surface area contributed by atoms with Crippen LogP contribution in [0.4, 0.5) is 0 Å². The van der Waals surface area contributed by atoms with E-state index in [0.717, 1.165) is 47.7 Å². The van der Waals surface area contributed by atoms with E-state index >= 15 is 0 Å². The fraction of sp³-hybridized carbons (Fsp3) is 0.304. The third-order valence-corrected chi connectivity index (χ3v) is 5.81. The van der Waals surface area contributed by atoms with Crippen molar-refractivity contribution in [1.82, 2.24) is 29.7 Å². The number of rotatable bonds is 6. The second kappa shape index (κ2) is 8.18. The van der Waals surface area contributed by atoms with Crippen LogP contribution in [0.1, 0.15) is 33.7 Å². The standard InChI is InChI=1S/C23H24N6O3/c1-14-4-2-7-21(25-14)29-22(17-5-3-6-19(17)27-29)15-8-9-28-20(10-15)18(11-24-28)23(32)26-16(12-30)13-31/h2,4,7-11,16,30-31H,3,5-6,12-13H2,1H3,(H,26,32). The smallest absolute Gasteiger partial charge is 0.255 e. The highest BCUT2D eigenvalue weighted by Gasteiger charge is 2.25. The molecule has 4 heterocycles. The van der Waals surface area contributed by atoms with E-state index in [9.17, 15) is 15.0 Å². The van der Waals surface area contributed by atoms with Crippen LogP contribution in [-0.4, -0.2) is 59.8 Å². The number of carbonyl (C=O) groups is 1. The SMILES string of the molecule is Cc1cccc(-n2nc3c(c2-c2ccn4ncc(C(=O)NC(CO)CO)c4c2)CCC3)n1. The number of aliphatic hydroxyl groups excluding tert-OH is 2. The van der Waals surface area contributed by atoms with E-state index in [4.69, 9.17) is 5.10 Å². The first kappa shape index (κ1) is 20.3. The minimum atomic E-state index is -0.724. The van der Waals surface area contributed by atoms with Crippen LogP contribution in [0.2, 0.25) is 0 Å². The van der Waals surface area contributed by atoms with Crippen molar-refractivity contribution in [3.8, 4) is 17.1 Å². The quantitative estimate of drug-likeness (QED) is 0.425. The molecular formula is C23H24N6O3. The minimum absolute atomic E-state index is 0.346. The van der Waals surface area contributed by atoms with Crippen molar-refractivity contribution in [3.05, 3.63) is 65.2 Å². The lowest BCUT2D eigenvalue weighted by atomic mass is 10.1. The van der Waals surface area contributed by atoms with Crippen LogP contribution in [0.5, 0.6) is 0 Å². The Morgan fingerprint density at radius 2 is 2.06 bits per heavy atom. The second-order valence-electron chi connectivity index (χ2n) is 8.02. The summed E-state index contributed by atoms with van der Waals surface area (Å²) in [5, 5.41) is 30.4. The summed E-state index contributed by atoms with van der Waals surface area (Å²) in [6.45, 7) is 1.26. The molecule has 1 amide bonds. The Hall–Kier alpha value is -3.56. The topological polar surface area (TPSA) is 118 Å². The highest BCUT2D eigenvalue weighted by molar-refractivity contribution is 6.01. The second-order valence-corrected chi connectivity index (χ2v) is 8.02. The van der Waals surface area contributed by atoms with Crippen LogP contribution in [0.3, 0.4) is 0 Å². The molecule has 9 heteroatoms. The Bertz CT molecular complexity index is 1300. The lowest BCUT2D eigenvalue weighted by Gasteiger charge is -2.13. The van der Waals surface area contributed by atoms with E-state index in [1.165, 1.54) is 11.8 Å². The summed E-state index contributed by atoms with van der Waals surface area (Å²) in [5.74, 6) is 0.360. The molecule has 0 spiro atoms. The van der Waals surface area contributed by atoms with Gasteiger partial charge in [0.15, 0.2) is 5.82 Å². The number of hydrogen-bond donors (Lipinski definition) is 3. The molecule has 0 radical (unpaired) electrons. The lowest BCUT2D eigenvalue weighted by molar-refractivity contribution is 0.0881. The Balaban J connectivity index is 1.62. The van der Waals surface area contributed by atoms with Gasteiger partial charge in [0.25, 0.3) is 5.91 Å². The molecule has 0 atom stereocenters. The number of nitrogens with zero attached hydrogens (tertiary/aromatic N) is 5. The normalized spacial score (nSPS) is 13.1. The van der Waals surface area contributed by atoms with Crippen molar-refractivity contribution in [2.24, 2.45) is 0 Å². The third-order valence-electron chi connectivity index (χ3n) is 5.81. The van der Waals surface area contributed by atoms with Crippen molar-refractivity contribution in [3.63, 3.8) is 0 Å². The molecule has 0 saturated carbocycles. The van der Waals surface area contributed by atoms with Gasteiger partial charge in [0.05, 0.1) is 47.9 Å². The van der Waals surface area contributed by atoms with Crippen molar-refractivity contribution in [2.45, 2.75) is 32.2 Å². The Kier molecular flexibility index (Phi) is 5.20. The van der Waals surface area contributed by atoms with Gasteiger partial charge in [-0.3, -0.25) is 4.79 Å². The molecule has 4 aromatic rings. The number of amides is 1. The first-order valence-electron chi connectivity index (χ1n) is 10.6. The average molecular weight is 432 g/mol. The first-order valence-corrected chi connectivity index (χ1v) is 10.6. The predicted octanol–water partition coefficient (Wildman–Crippen LogP) is 1.46. The van der Waals surface area contributed by atoms with Crippen molar-refractivity contribution in [2.75, 3.05) is 13.2 Å². The summed E-state index contributed by atoms with van der Waals surface area (Å²) >= 11 is 0. The molecule has 32 heavy (non-hydrogen) atoms. The summed E-state index contributed by atoms with van der Waals surface area (Å²) in [4.78, 5) is 17.4. The Labute approximate surface area is 184 Å². The van der Waals surface area contributed by atoms with Crippen molar-refractivity contribution >= 4 is 11.4 Å². The number of nitrogens with one attached hydrogen (secondary N) is 1. The summed E-state index contributed by atoms with van der Waals surface area (Å²) in [7, 11) is 0. The molecular weight excluding hydrogens is 408 g/mol. The summed E-state index contributed by atoms with van der Waals surface area (Å²) in [6, 6.07) is 9.03. The van der Waals surface area contributed by atoms with Crippen LogP contribution in [-0.2, 0) is 12.8 Å². The Morgan fingerprint density at radius 1 is 1.22 bits per heavy atom. The van der Waals surface area contributed by atoms with Gasteiger partial charge in [-0.05, 0) is 50.5 Å². The number of aromatic nitrogens is 5. The maximum Gasteiger partial charge on any atom is 0.255 e. The number of hydrogen-bond acceptors (Lipinski definition) is 6. The zero-order valence-corrected chi connectivity index (χ0v) is 17.7. The van der Waals surface area contributed by atoms with Crippen molar-refractivity contribution in [1.29, 1.82) is 0 Å². The monoisotopic (exact) mass is 432 g/mol. The molecule has 5 rings (SSSR count). The van der Waals surface area contributed by atoms with E-state index in [2.05, 4.69) is 15.4 Å². The number of pyridine rings is 2. The fourth-order valence-corrected chi connectivity index (χ4v) is 4.22. The maximum absolute atomic E-state index is 12.7. The molecule has 0 fully saturated rings. The zero-order valence-electron chi connectivity index (χ0n) is 17.7. The lowest BCUT2D eigenvalue weighted by Crippen LogP contribution is -2.40. The van der Waals surface area contributed by atoms with E-state index in [-0.39, 0.29) is 13.2 Å². The summed E-state index contributed by atoms with van der Waals surface area (Å²) < 4.78 is 3.53. The van der Waals surface area contributed by atoms with Gasteiger partial charge < -0.3 is 15.5 Å². The van der Waals surface area contributed by atoms with Gasteiger partial charge in [-0.15, -0.1) is 0 Å². The van der Waals surface area contributed by atoms with Crippen LogP contribution in [0.15, 0.2) is 42.7 Å². The molecule has 0 aromatic carbocycles. The molecule has 1 aliphatic rings. The van der Waals surface area contributed by atoms with Crippen LogP contribution < -0.4 is 5.32 Å². The zero-order chi connectivity index (χ0) is 22.2. The molecule has 0 bridgehead atoms. The molecule has 164 valence electrons. The van der Waals surface area contributed by atoms with Gasteiger partial charge in [-0.1, -0.05) is 6.07 Å². The van der Waals surface area contributed by atoms with E-state index in [1.54, 1.807) is 4.52 Å². The first-order chi connectivity index (χ1) is 15.6. The fourth-order valence-electron chi connectivity index (χ4n) is 4.22. The molecule has 0 unspecified atom stereocenters. The molecule has 0 saturated heterocycles. The molecule has 1 aliphatic carbocycles. The number of aryl methyl sites for hydroxylation is 2. The highest BCUT2D eigenvalue weighted by Crippen LogP contribution is 2.34. The summed E-state index contributed by atoms with van der Waals surface area (Å²) in [5.41, 5.74) is 6.12. The van der Waals surface area contributed by atoms with Crippen LogP contribution in [0, 0.1) is 6.92 Å². The van der Waals surface area contributed by atoms with Gasteiger partial charge in [0.1, 0.15) is 0 Å². The molecule has 9 nitrogen and oxygen atoms in total. The number of carbonyl (C=O) groups excluding carboxylic acids is 1. The third kappa shape index (κ3) is 3.45. The van der Waals surface area contributed by atoms with E-state index in [1.807, 2.05) is 48.1 Å². The number of fused-ring (bicyclic) bond motifs is 2. The van der Waals surface area contributed by atoms with E-state index < -0.39 is 11.9 Å². The Morgan fingerprint density at radius 3 is 2.84 bits per heavy atom.